The molecule has 0 aliphatic heterocycles. The van der Waals surface area contributed by atoms with Crippen molar-refractivity contribution in [3.05, 3.63) is 35.9 Å². The maximum Gasteiger partial charge on any atom is 0.244 e. The fourth-order valence-corrected chi connectivity index (χ4v) is 1.83. The number of hydrogen-bond acceptors (Lipinski definition) is 3. The fourth-order valence-electron chi connectivity index (χ4n) is 1.83. The van der Waals surface area contributed by atoms with Crippen LogP contribution in [-0.2, 0) is 4.79 Å². The van der Waals surface area contributed by atoms with Crippen LogP contribution in [0.25, 0.3) is 6.08 Å². The predicted octanol–water partition coefficient (Wildman–Crippen LogP) is 1.98. The summed E-state index contributed by atoms with van der Waals surface area (Å²) in [6, 6.07) is 7.42. The zero-order valence-electron chi connectivity index (χ0n) is 11.6. The molecule has 19 heavy (non-hydrogen) atoms. The molecule has 0 aromatic heterocycles. The molecule has 1 amide bonds. The topological polar surface area (TPSA) is 58.6 Å². The number of carbonyl (C=O) groups is 1. The van der Waals surface area contributed by atoms with Crippen molar-refractivity contribution in [3.63, 3.8) is 0 Å². The van der Waals surface area contributed by atoms with Crippen LogP contribution >= 0.6 is 0 Å². The summed E-state index contributed by atoms with van der Waals surface area (Å²) in [6.45, 7) is 3.56. The van der Waals surface area contributed by atoms with Gasteiger partial charge in [-0.05, 0) is 32.4 Å². The highest BCUT2D eigenvalue weighted by atomic mass is 16.5. The van der Waals surface area contributed by atoms with Gasteiger partial charge in [-0.3, -0.25) is 4.79 Å². The molecular formula is C15H21NO3. The Morgan fingerprint density at radius 2 is 2.11 bits per heavy atom. The number of nitrogens with one attached hydrogen (secondary N) is 1. The zero-order chi connectivity index (χ0) is 14.3. The van der Waals surface area contributed by atoms with Gasteiger partial charge >= 0.3 is 0 Å². The Morgan fingerprint density at radius 1 is 1.42 bits per heavy atom. The third-order valence-corrected chi connectivity index (χ3v) is 2.64. The van der Waals surface area contributed by atoms with E-state index in [4.69, 9.17) is 4.74 Å². The van der Waals surface area contributed by atoms with E-state index < -0.39 is 6.10 Å². The van der Waals surface area contributed by atoms with E-state index >= 15 is 0 Å². The van der Waals surface area contributed by atoms with Crippen molar-refractivity contribution in [2.45, 2.75) is 32.4 Å². The van der Waals surface area contributed by atoms with Gasteiger partial charge in [-0.1, -0.05) is 18.2 Å². The van der Waals surface area contributed by atoms with Gasteiger partial charge in [0.05, 0.1) is 13.2 Å². The summed E-state index contributed by atoms with van der Waals surface area (Å²) in [4.78, 5) is 11.7. The van der Waals surface area contributed by atoms with Gasteiger partial charge < -0.3 is 15.2 Å². The molecule has 4 heteroatoms. The number of aliphatic hydroxyl groups excluding tert-OH is 1. The monoisotopic (exact) mass is 263 g/mol. The normalized spacial score (nSPS) is 14.1. The lowest BCUT2D eigenvalue weighted by atomic mass is 10.1. The van der Waals surface area contributed by atoms with Crippen LogP contribution in [0.2, 0.25) is 0 Å². The molecule has 4 nitrogen and oxygen atoms in total. The van der Waals surface area contributed by atoms with Crippen LogP contribution in [0.5, 0.6) is 5.75 Å². The maximum absolute atomic E-state index is 11.7. The Balaban J connectivity index is 2.58. The smallest absolute Gasteiger partial charge is 0.244 e. The minimum absolute atomic E-state index is 0.0604. The van der Waals surface area contributed by atoms with Crippen molar-refractivity contribution in [1.29, 1.82) is 0 Å². The summed E-state index contributed by atoms with van der Waals surface area (Å²) in [5.74, 6) is 0.544. The number of hydrogen-bond donors (Lipinski definition) is 2. The first-order chi connectivity index (χ1) is 9.02. The van der Waals surface area contributed by atoms with Gasteiger partial charge in [0.25, 0.3) is 0 Å². The molecule has 2 N–H and O–H groups in total. The van der Waals surface area contributed by atoms with E-state index in [9.17, 15) is 9.90 Å². The van der Waals surface area contributed by atoms with Crippen LogP contribution < -0.4 is 10.1 Å². The number of ether oxygens (including phenoxy) is 1. The highest BCUT2D eigenvalue weighted by Crippen LogP contribution is 2.18. The second kappa shape index (κ2) is 7.59. The van der Waals surface area contributed by atoms with Gasteiger partial charge in [0.1, 0.15) is 5.75 Å². The van der Waals surface area contributed by atoms with E-state index in [1.165, 1.54) is 6.08 Å². The molecule has 2 atom stereocenters. The van der Waals surface area contributed by atoms with Crippen LogP contribution in [0.15, 0.2) is 30.3 Å². The molecule has 0 spiro atoms. The van der Waals surface area contributed by atoms with Crippen LogP contribution in [0.3, 0.4) is 0 Å². The Bertz CT molecular complexity index is 441. The first-order valence-electron chi connectivity index (χ1n) is 6.32. The van der Waals surface area contributed by atoms with Gasteiger partial charge in [0, 0.05) is 17.7 Å². The highest BCUT2D eigenvalue weighted by Gasteiger charge is 2.07. The molecule has 0 radical (unpaired) electrons. The lowest BCUT2D eigenvalue weighted by Crippen LogP contribution is -2.33. The number of carbonyl (C=O) groups excluding carboxylic acids is 1. The van der Waals surface area contributed by atoms with Crippen LogP contribution in [-0.4, -0.2) is 30.3 Å². The molecule has 104 valence electrons. The summed E-state index contributed by atoms with van der Waals surface area (Å²) >= 11 is 0. The first-order valence-corrected chi connectivity index (χ1v) is 6.32. The Morgan fingerprint density at radius 3 is 2.74 bits per heavy atom. The average molecular weight is 263 g/mol. The van der Waals surface area contributed by atoms with Crippen LogP contribution in [0.4, 0.5) is 0 Å². The van der Waals surface area contributed by atoms with E-state index in [0.717, 1.165) is 11.3 Å². The second-order valence-corrected chi connectivity index (χ2v) is 4.57. The Hall–Kier alpha value is -1.81. The zero-order valence-corrected chi connectivity index (χ0v) is 11.6. The van der Waals surface area contributed by atoms with Crippen LogP contribution in [0, 0.1) is 0 Å². The molecule has 0 saturated carbocycles. The molecule has 0 saturated heterocycles. The maximum atomic E-state index is 11.7. The number of para-hydroxylation sites is 1. The number of rotatable bonds is 6. The summed E-state index contributed by atoms with van der Waals surface area (Å²) in [5, 5.41) is 12.0. The van der Waals surface area contributed by atoms with Crippen molar-refractivity contribution in [3.8, 4) is 5.75 Å². The highest BCUT2D eigenvalue weighted by molar-refractivity contribution is 5.92. The summed E-state index contributed by atoms with van der Waals surface area (Å²) in [6.07, 6.45) is 3.29. The number of benzene rings is 1. The molecule has 1 aromatic carbocycles. The van der Waals surface area contributed by atoms with Gasteiger partial charge in [0.15, 0.2) is 0 Å². The average Bonchev–Trinajstić information content (AvgIpc) is 2.35. The predicted molar refractivity (Wildman–Crippen MR) is 75.9 cm³/mol. The minimum atomic E-state index is -0.423. The molecule has 1 aromatic rings. The van der Waals surface area contributed by atoms with E-state index in [1.807, 2.05) is 31.2 Å². The summed E-state index contributed by atoms with van der Waals surface area (Å²) < 4.78 is 5.20. The molecule has 2 unspecified atom stereocenters. The van der Waals surface area contributed by atoms with Gasteiger partial charge in [-0.2, -0.15) is 0 Å². The first kappa shape index (κ1) is 15.2. The van der Waals surface area contributed by atoms with Crippen molar-refractivity contribution in [1.82, 2.24) is 5.32 Å². The summed E-state index contributed by atoms with van der Waals surface area (Å²) in [5.41, 5.74) is 0.850. The fraction of sp³-hybridized carbons (Fsp3) is 0.400. The molecule has 0 heterocycles. The lowest BCUT2D eigenvalue weighted by molar-refractivity contribution is -0.117. The Labute approximate surface area is 114 Å². The van der Waals surface area contributed by atoms with Crippen molar-refractivity contribution >= 4 is 12.0 Å². The SMILES string of the molecule is COc1ccccc1/C=C/C(=O)NC(C)CC(C)O. The van der Waals surface area contributed by atoms with Crippen LogP contribution in [0.1, 0.15) is 25.8 Å². The standard InChI is InChI=1S/C15H21NO3/c1-11(10-12(2)17)16-15(18)9-8-13-6-4-5-7-14(13)19-3/h4-9,11-12,17H,10H2,1-3H3,(H,16,18)/b9-8+. The molecule has 0 aliphatic rings. The number of methoxy groups -OCH3 is 1. The summed E-state index contributed by atoms with van der Waals surface area (Å²) in [7, 11) is 1.59. The van der Waals surface area contributed by atoms with E-state index in [0.29, 0.717) is 6.42 Å². The quantitative estimate of drug-likeness (QED) is 0.772. The van der Waals surface area contributed by atoms with Crippen molar-refractivity contribution in [2.75, 3.05) is 7.11 Å². The third-order valence-electron chi connectivity index (χ3n) is 2.64. The molecule has 0 bridgehead atoms. The second-order valence-electron chi connectivity index (χ2n) is 4.57. The lowest BCUT2D eigenvalue weighted by Gasteiger charge is -2.13. The van der Waals surface area contributed by atoms with E-state index in [2.05, 4.69) is 5.32 Å². The van der Waals surface area contributed by atoms with Gasteiger partial charge in [0.2, 0.25) is 5.91 Å². The minimum Gasteiger partial charge on any atom is -0.496 e. The molecule has 0 fully saturated rings. The third kappa shape index (κ3) is 5.57. The van der Waals surface area contributed by atoms with E-state index in [-0.39, 0.29) is 11.9 Å². The van der Waals surface area contributed by atoms with E-state index in [1.54, 1.807) is 20.1 Å². The molecule has 0 aliphatic carbocycles. The number of amides is 1. The molecular weight excluding hydrogens is 242 g/mol. The largest absolute Gasteiger partial charge is 0.496 e. The molecule has 1 rings (SSSR count). The Kier molecular flexibility index (Phi) is 6.09. The number of aliphatic hydroxyl groups is 1. The van der Waals surface area contributed by atoms with Gasteiger partial charge in [-0.25, -0.2) is 0 Å². The van der Waals surface area contributed by atoms with Crippen molar-refractivity contribution in [2.24, 2.45) is 0 Å². The van der Waals surface area contributed by atoms with Gasteiger partial charge in [-0.15, -0.1) is 0 Å². The van der Waals surface area contributed by atoms with Crippen molar-refractivity contribution < 1.29 is 14.6 Å².